The van der Waals surface area contributed by atoms with Crippen LogP contribution in [0.25, 0.3) is 6.08 Å². The Morgan fingerprint density at radius 2 is 1.95 bits per heavy atom. The molecule has 0 bridgehead atoms. The number of anilines is 1. The quantitative estimate of drug-likeness (QED) is 0.612. The third-order valence-electron chi connectivity index (χ3n) is 2.72. The van der Waals surface area contributed by atoms with E-state index in [-0.39, 0.29) is 12.5 Å². The number of benzene rings is 2. The lowest BCUT2D eigenvalue weighted by Crippen LogP contribution is -2.25. The smallest absolute Gasteiger partial charge is 0.259 e. The Hall–Kier alpha value is -2.40. The van der Waals surface area contributed by atoms with Gasteiger partial charge in [0.25, 0.3) is 5.91 Å². The highest BCUT2D eigenvalue weighted by Crippen LogP contribution is 2.15. The van der Waals surface area contributed by atoms with E-state index in [0.717, 1.165) is 15.7 Å². The predicted molar refractivity (Wildman–Crippen MR) is 94.7 cm³/mol. The van der Waals surface area contributed by atoms with Gasteiger partial charge >= 0.3 is 0 Å². The molecule has 0 radical (unpaired) electrons. The first-order chi connectivity index (χ1) is 10.7. The molecule has 1 amide bonds. The Balaban J connectivity index is 1.71. The number of halogens is 1. The SMILES string of the molecule is O=C(CNc1cccc(Br)c1)N/N=C/C=C/c1ccccc1. The number of hydrazone groups is 1. The molecule has 0 atom stereocenters. The van der Waals surface area contributed by atoms with Gasteiger partial charge in [0.1, 0.15) is 0 Å². The van der Waals surface area contributed by atoms with Crippen molar-refractivity contribution in [3.05, 3.63) is 70.7 Å². The summed E-state index contributed by atoms with van der Waals surface area (Å²) in [7, 11) is 0. The largest absolute Gasteiger partial charge is 0.376 e. The van der Waals surface area contributed by atoms with Gasteiger partial charge in [-0.1, -0.05) is 58.4 Å². The first kappa shape index (κ1) is 16.0. The van der Waals surface area contributed by atoms with Gasteiger partial charge in [0.05, 0.1) is 6.54 Å². The van der Waals surface area contributed by atoms with Crippen LogP contribution in [-0.2, 0) is 4.79 Å². The zero-order chi connectivity index (χ0) is 15.6. The second-order valence-corrected chi connectivity index (χ2v) is 5.36. The molecule has 2 rings (SSSR count). The van der Waals surface area contributed by atoms with Crippen LogP contribution in [0.1, 0.15) is 5.56 Å². The van der Waals surface area contributed by atoms with Gasteiger partial charge < -0.3 is 5.32 Å². The summed E-state index contributed by atoms with van der Waals surface area (Å²) in [4.78, 5) is 11.6. The second-order valence-electron chi connectivity index (χ2n) is 4.45. The average molecular weight is 358 g/mol. The second kappa shape index (κ2) is 8.79. The summed E-state index contributed by atoms with van der Waals surface area (Å²) in [6.07, 6.45) is 5.23. The van der Waals surface area contributed by atoms with Crippen LogP contribution in [0.3, 0.4) is 0 Å². The highest BCUT2D eigenvalue weighted by atomic mass is 79.9. The molecule has 5 heteroatoms. The van der Waals surface area contributed by atoms with Crippen LogP contribution >= 0.6 is 15.9 Å². The molecule has 0 spiro atoms. The van der Waals surface area contributed by atoms with Gasteiger partial charge in [0.15, 0.2) is 0 Å². The maximum absolute atomic E-state index is 11.6. The van der Waals surface area contributed by atoms with Crippen LogP contribution in [0.2, 0.25) is 0 Å². The highest BCUT2D eigenvalue weighted by molar-refractivity contribution is 9.10. The maximum Gasteiger partial charge on any atom is 0.259 e. The normalized spacial score (nSPS) is 11.0. The number of allylic oxidation sites excluding steroid dienone is 1. The lowest BCUT2D eigenvalue weighted by Gasteiger charge is -2.05. The van der Waals surface area contributed by atoms with Gasteiger partial charge in [0.2, 0.25) is 0 Å². The molecule has 4 nitrogen and oxygen atoms in total. The molecule has 0 saturated heterocycles. The van der Waals surface area contributed by atoms with Crippen molar-refractivity contribution in [3.8, 4) is 0 Å². The van der Waals surface area contributed by atoms with E-state index in [2.05, 4.69) is 31.8 Å². The number of amides is 1. The Morgan fingerprint density at radius 1 is 1.14 bits per heavy atom. The van der Waals surface area contributed by atoms with E-state index in [4.69, 9.17) is 0 Å². The number of rotatable bonds is 6. The van der Waals surface area contributed by atoms with E-state index in [1.807, 2.05) is 60.7 Å². The molecular formula is C17H16BrN3O. The Labute approximate surface area is 138 Å². The molecule has 0 heterocycles. The van der Waals surface area contributed by atoms with Crippen LogP contribution < -0.4 is 10.7 Å². The van der Waals surface area contributed by atoms with Gasteiger partial charge in [-0.3, -0.25) is 4.79 Å². The first-order valence-corrected chi connectivity index (χ1v) is 7.56. The number of nitrogens with zero attached hydrogens (tertiary/aromatic N) is 1. The third kappa shape index (κ3) is 5.93. The summed E-state index contributed by atoms with van der Waals surface area (Å²) in [6, 6.07) is 17.5. The van der Waals surface area contributed by atoms with Crippen molar-refractivity contribution in [2.45, 2.75) is 0 Å². The van der Waals surface area contributed by atoms with E-state index in [1.165, 1.54) is 0 Å². The average Bonchev–Trinajstić information content (AvgIpc) is 2.54. The molecule has 2 aromatic rings. The van der Waals surface area contributed by atoms with Crippen molar-refractivity contribution < 1.29 is 4.79 Å². The number of hydrogen-bond donors (Lipinski definition) is 2. The molecule has 0 aliphatic carbocycles. The lowest BCUT2D eigenvalue weighted by atomic mass is 10.2. The van der Waals surface area contributed by atoms with E-state index < -0.39 is 0 Å². The molecule has 0 fully saturated rings. The zero-order valence-electron chi connectivity index (χ0n) is 11.9. The number of carbonyl (C=O) groups excluding carboxylic acids is 1. The molecule has 112 valence electrons. The minimum Gasteiger partial charge on any atom is -0.376 e. The van der Waals surface area contributed by atoms with Crippen LogP contribution in [0.4, 0.5) is 5.69 Å². The molecule has 0 aromatic heterocycles. The molecule has 2 aromatic carbocycles. The molecule has 0 aliphatic rings. The summed E-state index contributed by atoms with van der Waals surface area (Å²) >= 11 is 3.38. The minimum atomic E-state index is -0.204. The van der Waals surface area contributed by atoms with Gasteiger partial charge in [-0.05, 0) is 29.8 Å². The Morgan fingerprint density at radius 3 is 2.73 bits per heavy atom. The summed E-state index contributed by atoms with van der Waals surface area (Å²) in [5.74, 6) is -0.204. The minimum absolute atomic E-state index is 0.163. The van der Waals surface area contributed by atoms with Crippen LogP contribution in [-0.4, -0.2) is 18.7 Å². The number of nitrogens with one attached hydrogen (secondary N) is 2. The summed E-state index contributed by atoms with van der Waals surface area (Å²) in [5.41, 5.74) is 4.41. The fourth-order valence-corrected chi connectivity index (χ4v) is 2.09. The van der Waals surface area contributed by atoms with E-state index in [9.17, 15) is 4.79 Å². The Bertz CT molecular complexity index is 669. The molecular weight excluding hydrogens is 342 g/mol. The van der Waals surface area contributed by atoms with E-state index in [1.54, 1.807) is 12.3 Å². The summed E-state index contributed by atoms with van der Waals surface area (Å²) in [5, 5.41) is 6.87. The van der Waals surface area contributed by atoms with Crippen molar-refractivity contribution in [2.75, 3.05) is 11.9 Å². The standard InChI is InChI=1S/C17H16BrN3O/c18-15-9-4-10-16(12-15)19-13-17(22)21-20-11-5-8-14-6-2-1-3-7-14/h1-12,19H,13H2,(H,21,22)/b8-5+,20-11+. The van der Waals surface area contributed by atoms with Crippen molar-refractivity contribution in [1.29, 1.82) is 0 Å². The van der Waals surface area contributed by atoms with Crippen LogP contribution in [0.15, 0.2) is 70.2 Å². The predicted octanol–water partition coefficient (Wildman–Crippen LogP) is 3.68. The van der Waals surface area contributed by atoms with Crippen molar-refractivity contribution in [3.63, 3.8) is 0 Å². The fraction of sp³-hybridized carbons (Fsp3) is 0.0588. The van der Waals surface area contributed by atoms with Crippen molar-refractivity contribution in [2.24, 2.45) is 5.10 Å². The first-order valence-electron chi connectivity index (χ1n) is 6.77. The van der Waals surface area contributed by atoms with E-state index >= 15 is 0 Å². The van der Waals surface area contributed by atoms with E-state index in [0.29, 0.717) is 0 Å². The van der Waals surface area contributed by atoms with Crippen molar-refractivity contribution in [1.82, 2.24) is 5.43 Å². The summed E-state index contributed by atoms with van der Waals surface area (Å²) in [6.45, 7) is 0.163. The summed E-state index contributed by atoms with van der Waals surface area (Å²) < 4.78 is 0.960. The van der Waals surface area contributed by atoms with Gasteiger partial charge in [0, 0.05) is 16.4 Å². The van der Waals surface area contributed by atoms with Crippen LogP contribution in [0, 0.1) is 0 Å². The highest BCUT2D eigenvalue weighted by Gasteiger charge is 1.99. The number of hydrogen-bond acceptors (Lipinski definition) is 3. The Kier molecular flexibility index (Phi) is 6.39. The monoisotopic (exact) mass is 357 g/mol. The van der Waals surface area contributed by atoms with Gasteiger partial charge in [-0.15, -0.1) is 0 Å². The topological polar surface area (TPSA) is 53.5 Å². The lowest BCUT2D eigenvalue weighted by molar-refractivity contribution is -0.119. The third-order valence-corrected chi connectivity index (χ3v) is 3.21. The van der Waals surface area contributed by atoms with Gasteiger partial charge in [-0.2, -0.15) is 5.10 Å². The molecule has 0 unspecified atom stereocenters. The van der Waals surface area contributed by atoms with Crippen molar-refractivity contribution >= 4 is 39.8 Å². The van der Waals surface area contributed by atoms with Crippen LogP contribution in [0.5, 0.6) is 0 Å². The molecule has 2 N–H and O–H groups in total. The number of carbonyl (C=O) groups is 1. The fourth-order valence-electron chi connectivity index (χ4n) is 1.69. The molecule has 22 heavy (non-hydrogen) atoms. The maximum atomic E-state index is 11.6. The zero-order valence-corrected chi connectivity index (χ0v) is 13.5. The van der Waals surface area contributed by atoms with Gasteiger partial charge in [-0.25, -0.2) is 5.43 Å². The molecule has 0 saturated carbocycles. The molecule has 0 aliphatic heterocycles.